The van der Waals surface area contributed by atoms with Crippen LogP contribution in [0.15, 0.2) is 114 Å². The first kappa shape index (κ1) is 32.6. The highest BCUT2D eigenvalue weighted by Crippen LogP contribution is 2.35. The molecule has 4 aromatic carbocycles. The van der Waals surface area contributed by atoms with Crippen LogP contribution in [0.2, 0.25) is 5.02 Å². The molecule has 0 radical (unpaired) electrons. The lowest BCUT2D eigenvalue weighted by Gasteiger charge is -2.34. The summed E-state index contributed by atoms with van der Waals surface area (Å²) in [5, 5.41) is 3.21. The minimum atomic E-state index is -4.28. The van der Waals surface area contributed by atoms with Gasteiger partial charge in [0, 0.05) is 24.0 Å². The van der Waals surface area contributed by atoms with E-state index in [0.29, 0.717) is 0 Å². The predicted octanol–water partition coefficient (Wildman–Crippen LogP) is 5.71. The van der Waals surface area contributed by atoms with Crippen LogP contribution in [0.3, 0.4) is 0 Å². The van der Waals surface area contributed by atoms with E-state index in [9.17, 15) is 18.0 Å². The highest BCUT2D eigenvalue weighted by Gasteiger charge is 2.35. The molecule has 0 spiro atoms. The summed E-state index contributed by atoms with van der Waals surface area (Å²) < 4.78 is 34.8. The maximum Gasteiger partial charge on any atom is 0.264 e. The number of hydrogen-bond acceptors (Lipinski definition) is 5. The number of anilines is 1. The SMILES string of the molecule is COc1ccc(Cl)cc1N(CC(=O)N(Cc1ccccc1)C(Cc1ccccc1)C(=O)NC(C)C)S(=O)(=O)c1ccccc1. The van der Waals surface area contributed by atoms with E-state index in [2.05, 4.69) is 5.32 Å². The van der Waals surface area contributed by atoms with Gasteiger partial charge in [0.25, 0.3) is 10.0 Å². The number of carbonyl (C=O) groups excluding carboxylic acids is 2. The highest BCUT2D eigenvalue weighted by molar-refractivity contribution is 7.92. The monoisotopic (exact) mass is 633 g/mol. The zero-order valence-electron chi connectivity index (χ0n) is 24.9. The van der Waals surface area contributed by atoms with Gasteiger partial charge >= 0.3 is 0 Å². The normalized spacial score (nSPS) is 11.9. The Bertz CT molecular complexity index is 1650. The van der Waals surface area contributed by atoms with Crippen LogP contribution in [0.5, 0.6) is 5.75 Å². The van der Waals surface area contributed by atoms with Gasteiger partial charge < -0.3 is 15.0 Å². The van der Waals surface area contributed by atoms with Crippen LogP contribution in [0, 0.1) is 0 Å². The zero-order valence-corrected chi connectivity index (χ0v) is 26.5. The molecule has 2 amide bonds. The summed E-state index contributed by atoms with van der Waals surface area (Å²) in [5.41, 5.74) is 1.74. The second-order valence-electron chi connectivity index (χ2n) is 10.5. The minimum absolute atomic E-state index is 0.0113. The first-order chi connectivity index (χ1) is 21.1. The van der Waals surface area contributed by atoms with Crippen LogP contribution in [0.1, 0.15) is 25.0 Å². The topological polar surface area (TPSA) is 96.0 Å². The van der Waals surface area contributed by atoms with E-state index < -0.39 is 28.5 Å². The average Bonchev–Trinajstić information content (AvgIpc) is 3.02. The van der Waals surface area contributed by atoms with Gasteiger partial charge in [-0.1, -0.05) is 90.5 Å². The number of methoxy groups -OCH3 is 1. The van der Waals surface area contributed by atoms with Gasteiger partial charge in [-0.3, -0.25) is 13.9 Å². The van der Waals surface area contributed by atoms with E-state index in [1.54, 1.807) is 30.3 Å². The summed E-state index contributed by atoms with van der Waals surface area (Å²) in [6.45, 7) is 3.16. The molecule has 0 saturated heterocycles. The van der Waals surface area contributed by atoms with Crippen molar-refractivity contribution in [3.05, 3.63) is 125 Å². The summed E-state index contributed by atoms with van der Waals surface area (Å²) in [6, 6.07) is 30.0. The van der Waals surface area contributed by atoms with Crippen molar-refractivity contribution in [3.8, 4) is 5.75 Å². The number of sulfonamides is 1. The zero-order chi connectivity index (χ0) is 31.7. The van der Waals surface area contributed by atoms with Crippen molar-refractivity contribution in [2.24, 2.45) is 0 Å². The summed E-state index contributed by atoms with van der Waals surface area (Å²) in [4.78, 5) is 29.7. The number of nitrogens with one attached hydrogen (secondary N) is 1. The Balaban J connectivity index is 1.83. The van der Waals surface area contributed by atoms with Gasteiger partial charge in [-0.25, -0.2) is 8.42 Å². The number of halogens is 1. The standard InChI is InChI=1S/C34H36ClN3O5S/c1-25(2)36-34(40)31(21-26-13-7-4-8-14-26)37(23-27-15-9-5-10-16-27)33(39)24-38(30-22-28(35)19-20-32(30)43-3)44(41,42)29-17-11-6-12-18-29/h4-20,22,25,31H,21,23-24H2,1-3H3,(H,36,40). The fourth-order valence-corrected chi connectivity index (χ4v) is 6.41. The average molecular weight is 634 g/mol. The van der Waals surface area contributed by atoms with Crippen LogP contribution >= 0.6 is 11.6 Å². The lowest BCUT2D eigenvalue weighted by molar-refractivity contribution is -0.140. The molecule has 4 rings (SSSR count). The van der Waals surface area contributed by atoms with Crippen molar-refractivity contribution in [1.82, 2.24) is 10.2 Å². The van der Waals surface area contributed by atoms with E-state index in [4.69, 9.17) is 16.3 Å². The molecule has 0 aliphatic rings. The van der Waals surface area contributed by atoms with Crippen LogP contribution < -0.4 is 14.4 Å². The number of rotatable bonds is 13. The molecule has 0 aromatic heterocycles. The molecule has 10 heteroatoms. The third-order valence-corrected chi connectivity index (χ3v) is 8.93. The van der Waals surface area contributed by atoms with Crippen molar-refractivity contribution in [2.45, 2.75) is 43.8 Å². The highest BCUT2D eigenvalue weighted by atomic mass is 35.5. The second kappa shape index (κ2) is 14.9. The number of hydrogen-bond donors (Lipinski definition) is 1. The number of carbonyl (C=O) groups is 2. The van der Waals surface area contributed by atoms with Crippen molar-refractivity contribution in [3.63, 3.8) is 0 Å². The minimum Gasteiger partial charge on any atom is -0.495 e. The number of amides is 2. The van der Waals surface area contributed by atoms with Gasteiger partial charge in [-0.2, -0.15) is 0 Å². The molecular formula is C34H36ClN3O5S. The Morgan fingerprint density at radius 2 is 1.41 bits per heavy atom. The lowest BCUT2D eigenvalue weighted by Crippen LogP contribution is -2.54. The van der Waals surface area contributed by atoms with Gasteiger partial charge in [0.15, 0.2) is 0 Å². The molecule has 0 aliphatic heterocycles. The van der Waals surface area contributed by atoms with E-state index in [0.717, 1.165) is 15.4 Å². The Kier molecular flexibility index (Phi) is 11.0. The van der Waals surface area contributed by atoms with Crippen molar-refractivity contribution < 1.29 is 22.7 Å². The molecule has 8 nitrogen and oxygen atoms in total. The molecule has 0 saturated carbocycles. The smallest absolute Gasteiger partial charge is 0.264 e. The summed E-state index contributed by atoms with van der Waals surface area (Å²) in [5.74, 6) is -0.698. The van der Waals surface area contributed by atoms with Crippen molar-refractivity contribution in [1.29, 1.82) is 0 Å². The molecule has 0 heterocycles. The van der Waals surface area contributed by atoms with Gasteiger partial charge in [-0.15, -0.1) is 0 Å². The van der Waals surface area contributed by atoms with E-state index in [1.807, 2.05) is 74.5 Å². The first-order valence-corrected chi connectivity index (χ1v) is 16.0. The Hall–Kier alpha value is -4.34. The fourth-order valence-electron chi connectivity index (χ4n) is 4.81. The molecule has 1 atom stereocenters. The summed E-state index contributed by atoms with van der Waals surface area (Å²) >= 11 is 6.33. The van der Waals surface area contributed by atoms with E-state index in [-0.39, 0.29) is 46.3 Å². The van der Waals surface area contributed by atoms with Crippen LogP contribution in [-0.2, 0) is 32.6 Å². The molecule has 1 N–H and O–H groups in total. The number of nitrogens with zero attached hydrogens (tertiary/aromatic N) is 2. The third kappa shape index (κ3) is 8.18. The maximum absolute atomic E-state index is 14.5. The second-order valence-corrected chi connectivity index (χ2v) is 12.8. The third-order valence-electron chi connectivity index (χ3n) is 6.92. The van der Waals surface area contributed by atoms with E-state index in [1.165, 1.54) is 30.2 Å². The first-order valence-electron chi connectivity index (χ1n) is 14.2. The Labute approximate surface area is 264 Å². The quantitative estimate of drug-likeness (QED) is 0.204. The Morgan fingerprint density at radius 3 is 1.98 bits per heavy atom. The summed E-state index contributed by atoms with van der Waals surface area (Å²) in [7, 11) is -2.87. The molecule has 44 heavy (non-hydrogen) atoms. The Morgan fingerprint density at radius 1 is 0.841 bits per heavy atom. The lowest BCUT2D eigenvalue weighted by atomic mass is 10.0. The molecule has 230 valence electrons. The fraction of sp³-hybridized carbons (Fsp3) is 0.235. The van der Waals surface area contributed by atoms with Crippen molar-refractivity contribution in [2.75, 3.05) is 18.0 Å². The molecular weight excluding hydrogens is 598 g/mol. The maximum atomic E-state index is 14.5. The molecule has 0 aliphatic carbocycles. The number of benzene rings is 4. The van der Waals surface area contributed by atoms with Crippen molar-refractivity contribution >= 4 is 39.1 Å². The van der Waals surface area contributed by atoms with Crippen LogP contribution in [0.4, 0.5) is 5.69 Å². The molecule has 0 bridgehead atoms. The summed E-state index contributed by atoms with van der Waals surface area (Å²) in [6.07, 6.45) is 0.226. The largest absolute Gasteiger partial charge is 0.495 e. The molecule has 4 aromatic rings. The van der Waals surface area contributed by atoms with E-state index >= 15 is 0 Å². The van der Waals surface area contributed by atoms with Gasteiger partial charge in [0.1, 0.15) is 18.3 Å². The van der Waals surface area contributed by atoms with Gasteiger partial charge in [-0.05, 0) is 55.3 Å². The molecule has 0 fully saturated rings. The molecule has 1 unspecified atom stereocenters. The van der Waals surface area contributed by atoms with Gasteiger partial charge in [0.2, 0.25) is 11.8 Å². The number of ether oxygens (including phenoxy) is 1. The van der Waals surface area contributed by atoms with Crippen LogP contribution in [-0.4, -0.2) is 50.9 Å². The van der Waals surface area contributed by atoms with Gasteiger partial charge in [0.05, 0.1) is 17.7 Å². The predicted molar refractivity (Wildman–Crippen MR) is 173 cm³/mol. The van der Waals surface area contributed by atoms with Crippen LogP contribution in [0.25, 0.3) is 0 Å².